The molecule has 13 unspecified atom stereocenters. The van der Waals surface area contributed by atoms with Gasteiger partial charge in [-0.05, 0) is 80.5 Å². The van der Waals surface area contributed by atoms with E-state index < -0.39 is 96.7 Å². The molecule has 1 spiro atoms. The first-order valence-electron chi connectivity index (χ1n) is 22.0. The lowest BCUT2D eigenvalue weighted by Crippen LogP contribution is -2.64. The number of esters is 1. The minimum absolute atomic E-state index is 0.0688. The van der Waals surface area contributed by atoms with Crippen molar-refractivity contribution in [2.45, 2.75) is 185 Å². The largest absolute Gasteiger partial charge is 0.455 e. The number of allylic oxidation sites excluding steroid dienone is 1. The molecule has 4 aliphatic carbocycles. The molecule has 0 aromatic carbocycles. The van der Waals surface area contributed by atoms with Crippen molar-refractivity contribution < 1.29 is 68.6 Å². The number of ether oxygens (including phenoxy) is 7. The van der Waals surface area contributed by atoms with Gasteiger partial charge in [0.2, 0.25) is 0 Å². The maximum atomic E-state index is 13.0. The summed E-state index contributed by atoms with van der Waals surface area (Å²) < 4.78 is 44.2. The summed E-state index contributed by atoms with van der Waals surface area (Å²) in [5, 5.41) is 65.6. The maximum absolute atomic E-state index is 13.0. The summed E-state index contributed by atoms with van der Waals surface area (Å²) in [6.45, 7) is 16.5. The van der Waals surface area contributed by atoms with Crippen LogP contribution in [-0.4, -0.2) is 135 Å². The van der Waals surface area contributed by atoms with Crippen LogP contribution in [0.5, 0.6) is 0 Å². The molecule has 4 saturated heterocycles. The Hall–Kier alpha value is -1.53. The zero-order valence-electron chi connectivity index (χ0n) is 35.0. The first-order chi connectivity index (χ1) is 27.4. The molecule has 0 aromatic rings. The second kappa shape index (κ2) is 16.0. The third-order valence-electron chi connectivity index (χ3n) is 16.7. The highest BCUT2D eigenvalue weighted by molar-refractivity contribution is 5.75. The second-order valence-corrected chi connectivity index (χ2v) is 19.7. The van der Waals surface area contributed by atoms with Gasteiger partial charge < -0.3 is 63.8 Å². The number of carbonyl (C=O) groups excluding carboxylic acids is 1. The number of hydrogen-bond acceptors (Lipinski definition) is 14. The van der Waals surface area contributed by atoms with E-state index in [4.69, 9.17) is 33.2 Å². The molecule has 6 N–H and O–H groups in total. The van der Waals surface area contributed by atoms with Crippen LogP contribution in [0.15, 0.2) is 23.8 Å². The Labute approximate surface area is 342 Å². The van der Waals surface area contributed by atoms with E-state index in [1.807, 2.05) is 6.92 Å². The molecule has 0 amide bonds. The first-order valence-corrected chi connectivity index (χ1v) is 22.0. The van der Waals surface area contributed by atoms with E-state index in [-0.39, 0.29) is 30.0 Å². The maximum Gasteiger partial charge on any atom is 0.335 e. The predicted octanol–water partition coefficient (Wildman–Crippen LogP) is 2.88. The molecule has 328 valence electrons. The molecule has 0 aromatic heterocycles. The van der Waals surface area contributed by atoms with Gasteiger partial charge in [0.1, 0.15) is 30.5 Å². The standard InChI is InChI=1S/C44H68O14/c1-8-21(3)33(46)39(51)55-30-19-52-41(38(35(30)48)57-40-37(50)36(49)34(47)23(5)54-40)56-31-16-25(45)15-24-9-10-26-27(43(24,31)7)12-13-42(6)28(26)17-29-32(42)22(4)44(58-29)14-11-20(2)18-53-44/h9,21-23,25-38,40-41,45-50H,2,8,10-19H2,1,3-7H3/t21?,22?,23-,25?,26?,27?,28?,29?,30-,31?,32?,33?,34-,35-,36+,37+,38+,40-,41-,42?,43?,44?/m0/s1. The zero-order valence-corrected chi connectivity index (χ0v) is 35.0. The third kappa shape index (κ3) is 6.97. The van der Waals surface area contributed by atoms with Crippen molar-refractivity contribution in [2.24, 2.45) is 46.3 Å². The van der Waals surface area contributed by atoms with Gasteiger partial charge in [0, 0.05) is 24.2 Å². The first kappa shape index (κ1) is 43.1. The van der Waals surface area contributed by atoms with Crippen molar-refractivity contribution in [1.82, 2.24) is 0 Å². The van der Waals surface area contributed by atoms with Crippen LogP contribution in [0.4, 0.5) is 0 Å². The molecule has 0 radical (unpaired) electrons. The number of fused-ring (bicyclic) bond motifs is 7. The summed E-state index contributed by atoms with van der Waals surface area (Å²) in [5.74, 6) is -0.219. The van der Waals surface area contributed by atoms with Gasteiger partial charge in [0.05, 0.1) is 37.6 Å². The van der Waals surface area contributed by atoms with Gasteiger partial charge in [-0.1, -0.05) is 64.8 Å². The van der Waals surface area contributed by atoms with Gasteiger partial charge in [-0.15, -0.1) is 0 Å². The summed E-state index contributed by atoms with van der Waals surface area (Å²) in [4.78, 5) is 13.0. The van der Waals surface area contributed by atoms with Crippen LogP contribution in [0.3, 0.4) is 0 Å². The molecular formula is C44H68O14. The molecular weight excluding hydrogens is 752 g/mol. The molecule has 4 heterocycles. The number of aliphatic hydroxyl groups excluding tert-OH is 6. The van der Waals surface area contributed by atoms with Crippen molar-refractivity contribution >= 4 is 5.97 Å². The van der Waals surface area contributed by atoms with Crippen LogP contribution >= 0.6 is 0 Å². The Morgan fingerprint density at radius 3 is 2.47 bits per heavy atom. The van der Waals surface area contributed by atoms with Gasteiger partial charge in [-0.3, -0.25) is 0 Å². The zero-order chi connectivity index (χ0) is 41.6. The number of hydrogen-bond donors (Lipinski definition) is 6. The fourth-order valence-corrected chi connectivity index (χ4v) is 13.0. The van der Waals surface area contributed by atoms with Crippen LogP contribution in [0.1, 0.15) is 99.3 Å². The minimum Gasteiger partial charge on any atom is -0.455 e. The number of aliphatic hydroxyl groups is 6. The molecule has 22 atom stereocenters. The number of rotatable bonds is 8. The van der Waals surface area contributed by atoms with Gasteiger partial charge >= 0.3 is 5.97 Å². The highest BCUT2D eigenvalue weighted by atomic mass is 16.8. The van der Waals surface area contributed by atoms with Crippen LogP contribution in [-0.2, 0) is 38.0 Å². The fraction of sp³-hybridized carbons (Fsp3) is 0.886. The second-order valence-electron chi connectivity index (χ2n) is 19.7. The SMILES string of the molecule is C=C1CCC2(OC1)OC1CC3C4CC=C5CC(O)CC(O[C@@H]6OC[C@H](OC(=O)C(O)C(C)CC)[C@H](O)[C@H]6O[C@@H]6O[C@@H](C)[C@H](O)[C@@H](O)[C@H]6O)C5(C)C4CCC3(C)C1C2C. The normalized spacial score (nSPS) is 52.5. The van der Waals surface area contributed by atoms with E-state index in [2.05, 4.69) is 33.4 Å². The third-order valence-corrected chi connectivity index (χ3v) is 16.7. The lowest BCUT2D eigenvalue weighted by atomic mass is 9.46. The highest BCUT2D eigenvalue weighted by Gasteiger charge is 2.69. The van der Waals surface area contributed by atoms with E-state index in [1.54, 1.807) is 6.92 Å². The van der Waals surface area contributed by atoms with Crippen molar-refractivity contribution in [3.8, 4) is 0 Å². The fourth-order valence-electron chi connectivity index (χ4n) is 13.0. The average Bonchev–Trinajstić information content (AvgIpc) is 3.64. The molecule has 8 aliphatic rings. The molecule has 14 nitrogen and oxygen atoms in total. The van der Waals surface area contributed by atoms with Crippen molar-refractivity contribution in [3.05, 3.63) is 23.8 Å². The quantitative estimate of drug-likeness (QED) is 0.154. The Bertz CT molecular complexity index is 1560. The van der Waals surface area contributed by atoms with E-state index in [9.17, 15) is 35.4 Å². The highest BCUT2D eigenvalue weighted by Crippen LogP contribution is 2.71. The lowest BCUT2D eigenvalue weighted by molar-refractivity contribution is -0.363. The molecule has 14 heteroatoms. The molecule has 8 rings (SSSR count). The summed E-state index contributed by atoms with van der Waals surface area (Å²) in [6, 6.07) is 0. The number of carbonyl (C=O) groups is 1. The van der Waals surface area contributed by atoms with E-state index in [0.717, 1.165) is 49.7 Å². The van der Waals surface area contributed by atoms with E-state index in [0.29, 0.717) is 43.6 Å². The van der Waals surface area contributed by atoms with Gasteiger partial charge in [-0.25, -0.2) is 4.79 Å². The topological polar surface area (TPSA) is 203 Å². The Morgan fingerprint density at radius 2 is 1.76 bits per heavy atom. The minimum atomic E-state index is -1.69. The van der Waals surface area contributed by atoms with Crippen molar-refractivity contribution in [2.75, 3.05) is 13.2 Å². The van der Waals surface area contributed by atoms with Gasteiger partial charge in [0.15, 0.2) is 30.6 Å². The summed E-state index contributed by atoms with van der Waals surface area (Å²) in [6.07, 6.45) is -5.86. The molecule has 0 bridgehead atoms. The van der Waals surface area contributed by atoms with Gasteiger partial charge in [0.25, 0.3) is 0 Å². The monoisotopic (exact) mass is 820 g/mol. The van der Waals surface area contributed by atoms with Crippen LogP contribution in [0.25, 0.3) is 0 Å². The van der Waals surface area contributed by atoms with E-state index >= 15 is 0 Å². The van der Waals surface area contributed by atoms with Crippen LogP contribution < -0.4 is 0 Å². The summed E-state index contributed by atoms with van der Waals surface area (Å²) in [5.41, 5.74) is 1.84. The van der Waals surface area contributed by atoms with Crippen LogP contribution in [0.2, 0.25) is 0 Å². The Morgan fingerprint density at radius 1 is 1.00 bits per heavy atom. The molecule has 58 heavy (non-hydrogen) atoms. The van der Waals surface area contributed by atoms with Gasteiger partial charge in [-0.2, -0.15) is 0 Å². The van der Waals surface area contributed by atoms with E-state index in [1.165, 1.54) is 6.92 Å². The molecule has 7 fully saturated rings. The smallest absolute Gasteiger partial charge is 0.335 e. The predicted molar refractivity (Wildman–Crippen MR) is 206 cm³/mol. The van der Waals surface area contributed by atoms with Crippen molar-refractivity contribution in [1.29, 1.82) is 0 Å². The Balaban J connectivity index is 1.05. The molecule has 4 aliphatic heterocycles. The average molecular weight is 821 g/mol. The van der Waals surface area contributed by atoms with Crippen molar-refractivity contribution in [3.63, 3.8) is 0 Å². The Kier molecular flexibility index (Phi) is 11.9. The molecule has 3 saturated carbocycles. The van der Waals surface area contributed by atoms with Crippen LogP contribution in [0, 0.1) is 46.3 Å². The summed E-state index contributed by atoms with van der Waals surface area (Å²) in [7, 11) is 0. The summed E-state index contributed by atoms with van der Waals surface area (Å²) >= 11 is 0. The lowest BCUT2D eigenvalue weighted by Gasteiger charge is -2.60.